The molecule has 1 aromatic heterocycles. The van der Waals surface area contributed by atoms with Crippen LogP contribution < -0.4 is 4.74 Å². The van der Waals surface area contributed by atoms with E-state index in [4.69, 9.17) is 10.00 Å². The number of halogens is 1. The van der Waals surface area contributed by atoms with Crippen molar-refractivity contribution in [2.75, 3.05) is 6.61 Å². The molecule has 0 unspecified atom stereocenters. The maximum absolute atomic E-state index is 12.9. The highest BCUT2D eigenvalue weighted by molar-refractivity contribution is 5.62. The van der Waals surface area contributed by atoms with Crippen molar-refractivity contribution in [1.29, 1.82) is 5.26 Å². The molecule has 3 nitrogen and oxygen atoms in total. The van der Waals surface area contributed by atoms with E-state index in [1.54, 1.807) is 18.2 Å². The van der Waals surface area contributed by atoms with Crippen LogP contribution in [0.1, 0.15) is 18.9 Å². The fraction of sp³-hybridized carbons (Fsp3) is 0.200. The zero-order valence-corrected chi connectivity index (χ0v) is 10.6. The number of ether oxygens (including phenoxy) is 1. The molecule has 0 bridgehead atoms. The fourth-order valence-corrected chi connectivity index (χ4v) is 1.64. The molecule has 0 aliphatic heterocycles. The molecule has 2 rings (SSSR count). The van der Waals surface area contributed by atoms with Crippen LogP contribution in [0.25, 0.3) is 11.3 Å². The lowest BCUT2D eigenvalue weighted by Gasteiger charge is -2.07. The van der Waals surface area contributed by atoms with Crippen molar-refractivity contribution in [3.63, 3.8) is 0 Å². The van der Waals surface area contributed by atoms with Crippen molar-refractivity contribution in [3.05, 3.63) is 47.9 Å². The van der Waals surface area contributed by atoms with Crippen LogP contribution >= 0.6 is 0 Å². The average Bonchev–Trinajstić information content (AvgIpc) is 2.46. The van der Waals surface area contributed by atoms with Crippen LogP contribution in [0.5, 0.6) is 5.75 Å². The lowest BCUT2D eigenvalue weighted by atomic mass is 10.1. The van der Waals surface area contributed by atoms with E-state index in [-0.39, 0.29) is 5.82 Å². The summed E-state index contributed by atoms with van der Waals surface area (Å²) in [6.45, 7) is 2.54. The second-order valence-electron chi connectivity index (χ2n) is 4.03. The van der Waals surface area contributed by atoms with Crippen molar-refractivity contribution in [2.45, 2.75) is 13.3 Å². The molecule has 1 aromatic carbocycles. The third-order valence-corrected chi connectivity index (χ3v) is 2.59. The van der Waals surface area contributed by atoms with Crippen molar-refractivity contribution in [1.82, 2.24) is 4.98 Å². The molecular formula is C15H13FN2O. The lowest BCUT2D eigenvalue weighted by molar-refractivity contribution is 0.315. The Morgan fingerprint density at radius 1 is 1.32 bits per heavy atom. The smallest absolute Gasteiger partial charge is 0.155 e. The van der Waals surface area contributed by atoms with E-state index in [0.717, 1.165) is 12.0 Å². The predicted octanol–water partition coefficient (Wildman–Crippen LogP) is 3.55. The monoisotopic (exact) mass is 256 g/mol. The predicted molar refractivity (Wildman–Crippen MR) is 70.1 cm³/mol. The number of nitrogens with zero attached hydrogens (tertiary/aromatic N) is 2. The van der Waals surface area contributed by atoms with Gasteiger partial charge in [-0.25, -0.2) is 4.39 Å². The zero-order chi connectivity index (χ0) is 13.7. The SMILES string of the molecule is CCCOc1cnc(-c2ccc(F)cc2)cc1C#N. The van der Waals surface area contributed by atoms with Gasteiger partial charge in [-0.1, -0.05) is 6.92 Å². The first-order chi connectivity index (χ1) is 9.24. The number of hydrogen-bond acceptors (Lipinski definition) is 3. The summed E-state index contributed by atoms with van der Waals surface area (Å²) in [5, 5.41) is 9.12. The maximum Gasteiger partial charge on any atom is 0.155 e. The first-order valence-corrected chi connectivity index (χ1v) is 6.03. The van der Waals surface area contributed by atoms with E-state index in [1.165, 1.54) is 18.3 Å². The van der Waals surface area contributed by atoms with Gasteiger partial charge < -0.3 is 4.74 Å². The standard InChI is InChI=1S/C15H13FN2O/c1-2-7-19-15-10-18-14(8-12(15)9-17)11-3-5-13(16)6-4-11/h3-6,8,10H,2,7H2,1H3. The topological polar surface area (TPSA) is 45.9 Å². The van der Waals surface area contributed by atoms with Crippen LogP contribution in [0.4, 0.5) is 4.39 Å². The molecule has 1 heterocycles. The summed E-state index contributed by atoms with van der Waals surface area (Å²) >= 11 is 0. The Kier molecular flexibility index (Phi) is 4.09. The summed E-state index contributed by atoms with van der Waals surface area (Å²) in [6, 6.07) is 9.73. The largest absolute Gasteiger partial charge is 0.491 e. The minimum atomic E-state index is -0.299. The molecule has 2 aromatic rings. The Bertz CT molecular complexity index is 603. The average molecular weight is 256 g/mol. The number of aromatic nitrogens is 1. The Balaban J connectivity index is 2.33. The first-order valence-electron chi connectivity index (χ1n) is 6.03. The quantitative estimate of drug-likeness (QED) is 0.840. The van der Waals surface area contributed by atoms with E-state index in [9.17, 15) is 4.39 Å². The van der Waals surface area contributed by atoms with E-state index < -0.39 is 0 Å². The highest BCUT2D eigenvalue weighted by Gasteiger charge is 2.07. The Labute approximate surface area is 111 Å². The molecule has 0 aliphatic carbocycles. The molecule has 0 saturated carbocycles. The molecule has 0 saturated heterocycles. The van der Waals surface area contributed by atoms with Crippen LogP contribution in [0.15, 0.2) is 36.5 Å². The van der Waals surface area contributed by atoms with Gasteiger partial charge in [0.05, 0.1) is 24.1 Å². The minimum Gasteiger partial charge on any atom is -0.491 e. The van der Waals surface area contributed by atoms with Gasteiger partial charge >= 0.3 is 0 Å². The molecule has 0 aliphatic rings. The number of pyridine rings is 1. The first kappa shape index (κ1) is 13.0. The van der Waals surface area contributed by atoms with Crippen LogP contribution in [0.3, 0.4) is 0 Å². The Morgan fingerprint density at radius 2 is 2.05 bits per heavy atom. The zero-order valence-electron chi connectivity index (χ0n) is 10.6. The Morgan fingerprint density at radius 3 is 2.68 bits per heavy atom. The normalized spacial score (nSPS) is 9.95. The summed E-state index contributed by atoms with van der Waals surface area (Å²) in [6.07, 6.45) is 2.40. The molecule has 19 heavy (non-hydrogen) atoms. The van der Waals surface area contributed by atoms with Gasteiger partial charge in [0.25, 0.3) is 0 Å². The minimum absolute atomic E-state index is 0.299. The number of benzene rings is 1. The van der Waals surface area contributed by atoms with Crippen molar-refractivity contribution in [2.24, 2.45) is 0 Å². The van der Waals surface area contributed by atoms with Gasteiger partial charge in [0.1, 0.15) is 11.9 Å². The second kappa shape index (κ2) is 5.96. The van der Waals surface area contributed by atoms with Gasteiger partial charge in [0, 0.05) is 5.56 Å². The molecule has 0 radical (unpaired) electrons. The molecular weight excluding hydrogens is 243 g/mol. The maximum atomic E-state index is 12.9. The van der Waals surface area contributed by atoms with Crippen LogP contribution in [-0.2, 0) is 0 Å². The molecule has 0 spiro atoms. The highest BCUT2D eigenvalue weighted by Crippen LogP contribution is 2.24. The third kappa shape index (κ3) is 3.08. The lowest BCUT2D eigenvalue weighted by Crippen LogP contribution is -1.98. The van der Waals surface area contributed by atoms with Crippen molar-refractivity contribution >= 4 is 0 Å². The molecule has 0 amide bonds. The van der Waals surface area contributed by atoms with Gasteiger partial charge in [-0.2, -0.15) is 5.26 Å². The molecule has 0 N–H and O–H groups in total. The van der Waals surface area contributed by atoms with E-state index >= 15 is 0 Å². The summed E-state index contributed by atoms with van der Waals surface area (Å²) in [7, 11) is 0. The summed E-state index contributed by atoms with van der Waals surface area (Å²) in [5.74, 6) is 0.183. The molecule has 4 heteroatoms. The van der Waals surface area contributed by atoms with Gasteiger partial charge in [-0.3, -0.25) is 4.98 Å². The highest BCUT2D eigenvalue weighted by atomic mass is 19.1. The number of nitriles is 1. The van der Waals surface area contributed by atoms with Gasteiger partial charge in [0.2, 0.25) is 0 Å². The number of hydrogen-bond donors (Lipinski definition) is 0. The van der Waals surface area contributed by atoms with E-state index in [2.05, 4.69) is 11.1 Å². The molecule has 0 atom stereocenters. The summed E-state index contributed by atoms with van der Waals surface area (Å²) < 4.78 is 18.3. The molecule has 96 valence electrons. The number of rotatable bonds is 4. The van der Waals surface area contributed by atoms with E-state index in [0.29, 0.717) is 23.6 Å². The van der Waals surface area contributed by atoms with Crippen molar-refractivity contribution in [3.8, 4) is 23.1 Å². The summed E-state index contributed by atoms with van der Waals surface area (Å²) in [5.41, 5.74) is 1.82. The van der Waals surface area contributed by atoms with Crippen molar-refractivity contribution < 1.29 is 9.13 Å². The molecule has 0 fully saturated rings. The van der Waals surface area contributed by atoms with Crippen LogP contribution in [-0.4, -0.2) is 11.6 Å². The fourth-order valence-electron chi connectivity index (χ4n) is 1.64. The Hall–Kier alpha value is -2.41. The van der Waals surface area contributed by atoms with Gasteiger partial charge in [-0.05, 0) is 36.8 Å². The van der Waals surface area contributed by atoms with Gasteiger partial charge in [-0.15, -0.1) is 0 Å². The summed E-state index contributed by atoms with van der Waals surface area (Å²) in [4.78, 5) is 4.24. The van der Waals surface area contributed by atoms with Crippen LogP contribution in [0, 0.1) is 17.1 Å². The van der Waals surface area contributed by atoms with E-state index in [1.807, 2.05) is 6.92 Å². The van der Waals surface area contributed by atoms with Crippen LogP contribution in [0.2, 0.25) is 0 Å². The van der Waals surface area contributed by atoms with Gasteiger partial charge in [0.15, 0.2) is 5.75 Å². The second-order valence-corrected chi connectivity index (χ2v) is 4.03. The third-order valence-electron chi connectivity index (χ3n) is 2.59.